The fourth-order valence-corrected chi connectivity index (χ4v) is 2.82. The summed E-state index contributed by atoms with van der Waals surface area (Å²) >= 11 is 0. The zero-order chi connectivity index (χ0) is 20.3. The van der Waals surface area contributed by atoms with E-state index >= 15 is 0 Å². The van der Waals surface area contributed by atoms with Gasteiger partial charge in [0.05, 0.1) is 0 Å². The van der Waals surface area contributed by atoms with Gasteiger partial charge in [0.15, 0.2) is 0 Å². The van der Waals surface area contributed by atoms with E-state index in [2.05, 4.69) is 15.6 Å². The molecule has 0 fully saturated rings. The number of rotatable bonds is 5. The van der Waals surface area contributed by atoms with Gasteiger partial charge in [0.25, 0.3) is 5.56 Å². The molecular weight excluding hydrogens is 359 g/mol. The molecule has 0 bridgehead atoms. The van der Waals surface area contributed by atoms with E-state index in [-0.39, 0.29) is 29.8 Å². The largest absolute Gasteiger partial charge is 0.326 e. The van der Waals surface area contributed by atoms with Crippen LogP contribution in [0.5, 0.6) is 0 Å². The average molecular weight is 380 g/mol. The first-order valence-corrected chi connectivity index (χ1v) is 8.80. The first kappa shape index (κ1) is 19.3. The van der Waals surface area contributed by atoms with Crippen molar-refractivity contribution in [3.05, 3.63) is 81.5 Å². The number of hydrogen-bond donors (Lipinski definition) is 2. The van der Waals surface area contributed by atoms with Crippen LogP contribution in [0.15, 0.2) is 53.3 Å². The first-order valence-electron chi connectivity index (χ1n) is 8.80. The van der Waals surface area contributed by atoms with E-state index in [0.29, 0.717) is 17.1 Å². The minimum absolute atomic E-state index is 0.205. The Morgan fingerprint density at radius 2 is 1.79 bits per heavy atom. The molecular formula is C21H21FN4O2. The topological polar surface area (TPSA) is 76.0 Å². The third-order valence-electron chi connectivity index (χ3n) is 4.19. The van der Waals surface area contributed by atoms with Gasteiger partial charge in [0.2, 0.25) is 11.9 Å². The summed E-state index contributed by atoms with van der Waals surface area (Å²) in [6.07, 6.45) is 0. The lowest BCUT2D eigenvalue weighted by Gasteiger charge is -2.15. The van der Waals surface area contributed by atoms with Crippen molar-refractivity contribution >= 4 is 23.2 Å². The molecule has 3 rings (SSSR count). The van der Waals surface area contributed by atoms with Crippen LogP contribution in [0, 0.1) is 26.6 Å². The summed E-state index contributed by atoms with van der Waals surface area (Å²) in [5, 5.41) is 5.80. The summed E-state index contributed by atoms with van der Waals surface area (Å²) in [5.74, 6) is -0.498. The molecule has 1 heterocycles. The molecule has 3 aromatic rings. The summed E-state index contributed by atoms with van der Waals surface area (Å²) in [4.78, 5) is 29.3. The second-order valence-electron chi connectivity index (χ2n) is 6.64. The number of nitrogens with one attached hydrogen (secondary N) is 2. The maximum Gasteiger partial charge on any atom is 0.255 e. The van der Waals surface area contributed by atoms with Crippen molar-refractivity contribution in [2.45, 2.75) is 27.3 Å². The Morgan fingerprint density at radius 1 is 1.07 bits per heavy atom. The van der Waals surface area contributed by atoms with Gasteiger partial charge >= 0.3 is 0 Å². The van der Waals surface area contributed by atoms with Gasteiger partial charge in [-0.05, 0) is 56.7 Å². The van der Waals surface area contributed by atoms with Crippen LogP contribution in [-0.4, -0.2) is 15.5 Å². The van der Waals surface area contributed by atoms with E-state index in [9.17, 15) is 14.0 Å². The van der Waals surface area contributed by atoms with Crippen LogP contribution >= 0.6 is 0 Å². The number of benzene rings is 2. The fourth-order valence-electron chi connectivity index (χ4n) is 2.82. The number of anilines is 3. The van der Waals surface area contributed by atoms with Crippen LogP contribution in [0.4, 0.5) is 21.7 Å². The number of aryl methyl sites for hydroxylation is 3. The van der Waals surface area contributed by atoms with Crippen LogP contribution in [0.3, 0.4) is 0 Å². The maximum absolute atomic E-state index is 13.1. The predicted octanol–water partition coefficient (Wildman–Crippen LogP) is 3.69. The molecule has 1 aromatic heterocycles. The first-order chi connectivity index (χ1) is 13.3. The molecule has 28 heavy (non-hydrogen) atoms. The van der Waals surface area contributed by atoms with Crippen molar-refractivity contribution in [2.24, 2.45) is 0 Å². The number of nitrogens with zero attached hydrogens (tertiary/aromatic N) is 2. The molecule has 0 aliphatic heterocycles. The second-order valence-corrected chi connectivity index (χ2v) is 6.64. The smallest absolute Gasteiger partial charge is 0.255 e. The Labute approximate surface area is 162 Å². The third-order valence-corrected chi connectivity index (χ3v) is 4.19. The summed E-state index contributed by atoms with van der Waals surface area (Å²) < 4.78 is 14.4. The highest BCUT2D eigenvalue weighted by molar-refractivity contribution is 5.91. The second kappa shape index (κ2) is 8.04. The number of amides is 1. The van der Waals surface area contributed by atoms with Gasteiger partial charge in [-0.25, -0.2) is 9.37 Å². The highest BCUT2D eigenvalue weighted by atomic mass is 19.1. The zero-order valence-electron chi connectivity index (χ0n) is 15.9. The fraction of sp³-hybridized carbons (Fsp3) is 0.190. The Morgan fingerprint density at radius 3 is 2.46 bits per heavy atom. The SMILES string of the molecule is Cc1ccc(NC(=O)Cn2c(Nc3ccc(F)cc3)nc(C)cc2=O)c(C)c1. The Balaban J connectivity index is 1.85. The lowest BCUT2D eigenvalue weighted by atomic mass is 10.1. The van der Waals surface area contributed by atoms with Gasteiger partial charge in [0, 0.05) is 23.1 Å². The van der Waals surface area contributed by atoms with Crippen LogP contribution in [0.1, 0.15) is 16.8 Å². The Bertz CT molecular complexity index is 1070. The average Bonchev–Trinajstić information content (AvgIpc) is 2.62. The molecule has 7 heteroatoms. The van der Waals surface area contributed by atoms with Crippen molar-refractivity contribution in [2.75, 3.05) is 10.6 Å². The monoisotopic (exact) mass is 380 g/mol. The number of halogens is 1. The van der Waals surface area contributed by atoms with Crippen molar-refractivity contribution < 1.29 is 9.18 Å². The van der Waals surface area contributed by atoms with Gasteiger partial charge in [-0.15, -0.1) is 0 Å². The molecule has 0 atom stereocenters. The molecule has 0 aliphatic carbocycles. The molecule has 0 aliphatic rings. The Hall–Kier alpha value is -3.48. The van der Waals surface area contributed by atoms with E-state index in [0.717, 1.165) is 11.1 Å². The highest BCUT2D eigenvalue weighted by Crippen LogP contribution is 2.17. The molecule has 2 N–H and O–H groups in total. The molecule has 0 saturated carbocycles. The maximum atomic E-state index is 13.1. The minimum atomic E-state index is -0.368. The zero-order valence-corrected chi connectivity index (χ0v) is 15.9. The van der Waals surface area contributed by atoms with Gasteiger partial charge in [-0.1, -0.05) is 17.7 Å². The summed E-state index contributed by atoms with van der Waals surface area (Å²) in [6, 6.07) is 12.7. The number of carbonyl (C=O) groups excluding carboxylic acids is 1. The minimum Gasteiger partial charge on any atom is -0.326 e. The number of carbonyl (C=O) groups is 1. The van der Waals surface area contributed by atoms with Crippen LogP contribution in [-0.2, 0) is 11.3 Å². The normalized spacial score (nSPS) is 10.6. The van der Waals surface area contributed by atoms with Gasteiger partial charge in [0.1, 0.15) is 12.4 Å². The molecule has 0 unspecified atom stereocenters. The van der Waals surface area contributed by atoms with Crippen molar-refractivity contribution in [3.8, 4) is 0 Å². The van der Waals surface area contributed by atoms with Crippen molar-refractivity contribution in [3.63, 3.8) is 0 Å². The molecule has 1 amide bonds. The van der Waals surface area contributed by atoms with Crippen LogP contribution < -0.4 is 16.2 Å². The van der Waals surface area contributed by atoms with Crippen molar-refractivity contribution in [1.82, 2.24) is 9.55 Å². The number of hydrogen-bond acceptors (Lipinski definition) is 4. The quantitative estimate of drug-likeness (QED) is 0.708. The summed E-state index contributed by atoms with van der Waals surface area (Å²) in [6.45, 7) is 5.37. The molecule has 0 spiro atoms. The predicted molar refractivity (Wildman–Crippen MR) is 107 cm³/mol. The van der Waals surface area contributed by atoms with Gasteiger partial charge in [-0.2, -0.15) is 0 Å². The summed E-state index contributed by atoms with van der Waals surface area (Å²) in [5.41, 5.74) is 3.44. The molecule has 0 radical (unpaired) electrons. The third kappa shape index (κ3) is 4.62. The molecule has 144 valence electrons. The Kier molecular flexibility index (Phi) is 5.54. The van der Waals surface area contributed by atoms with E-state index in [1.807, 2.05) is 32.0 Å². The molecule has 2 aromatic carbocycles. The van der Waals surface area contributed by atoms with Gasteiger partial charge < -0.3 is 10.6 Å². The molecule has 0 saturated heterocycles. The lowest BCUT2D eigenvalue weighted by Crippen LogP contribution is -2.30. The van der Waals surface area contributed by atoms with Crippen LogP contribution in [0.2, 0.25) is 0 Å². The number of aromatic nitrogens is 2. The van der Waals surface area contributed by atoms with E-state index < -0.39 is 0 Å². The van der Waals surface area contributed by atoms with E-state index in [4.69, 9.17) is 0 Å². The van der Waals surface area contributed by atoms with E-state index in [1.165, 1.54) is 34.9 Å². The standard InChI is InChI=1S/C21H21FN4O2/c1-13-4-9-18(14(2)10-13)25-19(27)12-26-20(28)11-15(3)23-21(26)24-17-7-5-16(22)6-8-17/h4-11H,12H2,1-3H3,(H,23,24)(H,25,27). The van der Waals surface area contributed by atoms with Crippen molar-refractivity contribution in [1.29, 1.82) is 0 Å². The highest BCUT2D eigenvalue weighted by Gasteiger charge is 2.13. The molecule has 6 nitrogen and oxygen atoms in total. The summed E-state index contributed by atoms with van der Waals surface area (Å²) in [7, 11) is 0. The van der Waals surface area contributed by atoms with Crippen LogP contribution in [0.25, 0.3) is 0 Å². The lowest BCUT2D eigenvalue weighted by molar-refractivity contribution is -0.116. The van der Waals surface area contributed by atoms with Gasteiger partial charge in [-0.3, -0.25) is 14.2 Å². The van der Waals surface area contributed by atoms with E-state index in [1.54, 1.807) is 6.92 Å².